The number of fused-ring (bicyclic) bond motifs is 2. The van der Waals surface area contributed by atoms with Gasteiger partial charge in [0.05, 0.1) is 11.3 Å². The molecule has 1 N–H and O–H groups in total. The largest absolute Gasteiger partial charge is 0.454 e. The second-order valence-corrected chi connectivity index (χ2v) is 8.26. The number of amides is 1. The second-order valence-electron chi connectivity index (χ2n) is 8.26. The van der Waals surface area contributed by atoms with E-state index in [1.165, 1.54) is 10.1 Å². The maximum atomic E-state index is 13.4. The highest BCUT2D eigenvalue weighted by Gasteiger charge is 2.24. The van der Waals surface area contributed by atoms with E-state index in [4.69, 9.17) is 14.5 Å². The van der Waals surface area contributed by atoms with E-state index in [-0.39, 0.29) is 24.8 Å². The lowest BCUT2D eigenvalue weighted by atomic mass is 10.1. The van der Waals surface area contributed by atoms with E-state index < -0.39 is 0 Å². The van der Waals surface area contributed by atoms with Crippen molar-refractivity contribution in [1.82, 2.24) is 14.5 Å². The highest BCUT2D eigenvalue weighted by atomic mass is 16.7. The number of hydrogen-bond donors (Lipinski definition) is 1. The predicted molar refractivity (Wildman–Crippen MR) is 123 cm³/mol. The van der Waals surface area contributed by atoms with Gasteiger partial charge in [0.1, 0.15) is 12.4 Å². The van der Waals surface area contributed by atoms with Crippen molar-refractivity contribution in [2.24, 2.45) is 0 Å². The third-order valence-corrected chi connectivity index (χ3v) is 6.00. The number of carbonyl (C=O) groups excluding carboxylic acids is 1. The zero-order valence-corrected chi connectivity index (χ0v) is 18.5. The van der Waals surface area contributed by atoms with Crippen LogP contribution in [0.5, 0.6) is 11.5 Å². The van der Waals surface area contributed by atoms with Gasteiger partial charge in [-0.25, -0.2) is 4.98 Å². The van der Waals surface area contributed by atoms with Gasteiger partial charge in [0, 0.05) is 44.2 Å². The molecule has 2 aliphatic rings. The Morgan fingerprint density at radius 1 is 1.12 bits per heavy atom. The van der Waals surface area contributed by atoms with E-state index in [2.05, 4.69) is 22.3 Å². The quantitative estimate of drug-likeness (QED) is 0.627. The van der Waals surface area contributed by atoms with Crippen LogP contribution in [0, 0.1) is 0 Å². The summed E-state index contributed by atoms with van der Waals surface area (Å²) in [5, 5.41) is 2.85. The zero-order chi connectivity index (χ0) is 22.8. The number of nitrogens with zero attached hydrogens (tertiary/aromatic N) is 3. The lowest BCUT2D eigenvalue weighted by molar-refractivity contribution is -0.116. The molecule has 0 radical (unpaired) electrons. The molecule has 1 aromatic heterocycles. The van der Waals surface area contributed by atoms with Gasteiger partial charge in [-0.15, -0.1) is 0 Å². The van der Waals surface area contributed by atoms with Gasteiger partial charge >= 0.3 is 0 Å². The van der Waals surface area contributed by atoms with Crippen molar-refractivity contribution < 1.29 is 14.3 Å². The van der Waals surface area contributed by atoms with Gasteiger partial charge in [-0.05, 0) is 17.7 Å². The molecule has 0 saturated carbocycles. The Labute approximate surface area is 191 Å². The maximum Gasteiger partial charge on any atom is 0.258 e. The topological polar surface area (TPSA) is 85.7 Å². The number of aromatic nitrogens is 2. The van der Waals surface area contributed by atoms with Crippen LogP contribution in [0.3, 0.4) is 0 Å². The molecule has 0 spiro atoms. The van der Waals surface area contributed by atoms with Crippen molar-refractivity contribution in [1.29, 1.82) is 0 Å². The molecule has 8 heteroatoms. The molecule has 2 aliphatic heterocycles. The van der Waals surface area contributed by atoms with Gasteiger partial charge in [-0.3, -0.25) is 19.1 Å². The van der Waals surface area contributed by atoms with E-state index in [1.807, 2.05) is 25.1 Å². The number of aryl methyl sites for hydroxylation is 1. The number of anilines is 1. The molecule has 0 bridgehead atoms. The molecule has 1 amide bonds. The molecule has 8 nitrogen and oxygen atoms in total. The highest BCUT2D eigenvalue weighted by molar-refractivity contribution is 5.91. The van der Waals surface area contributed by atoms with Gasteiger partial charge in [0.15, 0.2) is 11.5 Å². The minimum Gasteiger partial charge on any atom is -0.454 e. The van der Waals surface area contributed by atoms with Gasteiger partial charge in [-0.2, -0.15) is 0 Å². The van der Waals surface area contributed by atoms with Gasteiger partial charge in [0.2, 0.25) is 12.7 Å². The fourth-order valence-corrected chi connectivity index (χ4v) is 4.35. The first kappa shape index (κ1) is 21.2. The van der Waals surface area contributed by atoms with Crippen LogP contribution >= 0.6 is 0 Å². The Morgan fingerprint density at radius 2 is 1.94 bits per heavy atom. The SMILES string of the molecule is CCc1nc2c(c(=O)n1CC(=O)Nc1ccc3c(c1)OCO3)CN(Cc1ccccc1)CC2. The van der Waals surface area contributed by atoms with E-state index in [1.54, 1.807) is 18.2 Å². The summed E-state index contributed by atoms with van der Waals surface area (Å²) in [5.41, 5.74) is 3.21. The smallest absolute Gasteiger partial charge is 0.258 e. The molecule has 0 unspecified atom stereocenters. The van der Waals surface area contributed by atoms with Crippen molar-refractivity contribution in [3.8, 4) is 11.5 Å². The van der Waals surface area contributed by atoms with Crippen LogP contribution in [0.4, 0.5) is 5.69 Å². The summed E-state index contributed by atoms with van der Waals surface area (Å²) in [6, 6.07) is 15.4. The van der Waals surface area contributed by atoms with Gasteiger partial charge in [0.25, 0.3) is 5.56 Å². The molecule has 170 valence electrons. The van der Waals surface area contributed by atoms with Crippen LogP contribution < -0.4 is 20.3 Å². The lowest BCUT2D eigenvalue weighted by Gasteiger charge is -2.28. The Bertz CT molecular complexity index is 1240. The Kier molecular flexibility index (Phi) is 5.83. The van der Waals surface area contributed by atoms with Crippen molar-refractivity contribution in [3.05, 3.63) is 81.5 Å². The summed E-state index contributed by atoms with van der Waals surface area (Å²) >= 11 is 0. The molecule has 5 rings (SSSR count). The summed E-state index contributed by atoms with van der Waals surface area (Å²) in [7, 11) is 0. The minimum absolute atomic E-state index is 0.0879. The Balaban J connectivity index is 1.35. The van der Waals surface area contributed by atoms with Crippen LogP contribution in [0.1, 0.15) is 29.6 Å². The fourth-order valence-electron chi connectivity index (χ4n) is 4.35. The summed E-state index contributed by atoms with van der Waals surface area (Å²) < 4.78 is 12.2. The Hall–Kier alpha value is -3.65. The molecule has 0 aliphatic carbocycles. The summed E-state index contributed by atoms with van der Waals surface area (Å²) in [6.07, 6.45) is 1.31. The number of carbonyl (C=O) groups is 1. The minimum atomic E-state index is -0.288. The Morgan fingerprint density at radius 3 is 2.76 bits per heavy atom. The molecule has 3 heterocycles. The normalized spacial score (nSPS) is 14.7. The number of hydrogen-bond acceptors (Lipinski definition) is 6. The standard InChI is InChI=1S/C25H26N4O4/c1-2-23-27-20-10-11-28(13-17-6-4-3-5-7-17)14-19(20)25(31)29(23)15-24(30)26-18-8-9-21-22(12-18)33-16-32-21/h3-9,12H,2,10-11,13-16H2,1H3,(H,26,30). The summed E-state index contributed by atoms with van der Waals surface area (Å²) in [5.74, 6) is 1.59. The monoisotopic (exact) mass is 446 g/mol. The average molecular weight is 447 g/mol. The molecule has 33 heavy (non-hydrogen) atoms. The molecule has 2 aromatic carbocycles. The lowest BCUT2D eigenvalue weighted by Crippen LogP contribution is -2.40. The van der Waals surface area contributed by atoms with Crippen LogP contribution in [0.2, 0.25) is 0 Å². The molecular weight excluding hydrogens is 420 g/mol. The zero-order valence-electron chi connectivity index (χ0n) is 18.5. The van der Waals surface area contributed by atoms with Gasteiger partial charge < -0.3 is 14.8 Å². The maximum absolute atomic E-state index is 13.4. The third kappa shape index (κ3) is 4.47. The highest BCUT2D eigenvalue weighted by Crippen LogP contribution is 2.34. The molecule has 3 aromatic rings. The van der Waals surface area contributed by atoms with Crippen molar-refractivity contribution in [2.45, 2.75) is 39.4 Å². The number of nitrogens with one attached hydrogen (secondary N) is 1. The third-order valence-electron chi connectivity index (χ3n) is 6.00. The number of ether oxygens (including phenoxy) is 2. The van der Waals surface area contributed by atoms with E-state index in [0.717, 1.165) is 25.2 Å². The van der Waals surface area contributed by atoms with E-state index >= 15 is 0 Å². The van der Waals surface area contributed by atoms with Crippen molar-refractivity contribution in [3.63, 3.8) is 0 Å². The van der Waals surface area contributed by atoms with Crippen LogP contribution in [0.25, 0.3) is 0 Å². The van der Waals surface area contributed by atoms with Crippen LogP contribution in [0.15, 0.2) is 53.3 Å². The number of rotatable bonds is 6. The molecule has 0 fully saturated rings. The summed E-state index contributed by atoms with van der Waals surface area (Å²) in [6.45, 7) is 4.19. The van der Waals surface area contributed by atoms with Gasteiger partial charge in [-0.1, -0.05) is 37.3 Å². The first-order chi connectivity index (χ1) is 16.1. The van der Waals surface area contributed by atoms with Crippen LogP contribution in [-0.4, -0.2) is 33.7 Å². The second kappa shape index (κ2) is 9.07. The first-order valence-corrected chi connectivity index (χ1v) is 11.2. The number of benzene rings is 2. The molecular formula is C25H26N4O4. The molecule has 0 saturated heterocycles. The average Bonchev–Trinajstić information content (AvgIpc) is 3.29. The molecule has 0 atom stereocenters. The van der Waals surface area contributed by atoms with E-state index in [9.17, 15) is 9.59 Å². The fraction of sp³-hybridized carbons (Fsp3) is 0.320. The van der Waals surface area contributed by atoms with Crippen molar-refractivity contribution >= 4 is 11.6 Å². The van der Waals surface area contributed by atoms with E-state index in [0.29, 0.717) is 41.5 Å². The predicted octanol–water partition coefficient (Wildman–Crippen LogP) is 2.73. The first-order valence-electron chi connectivity index (χ1n) is 11.2. The van der Waals surface area contributed by atoms with Crippen molar-refractivity contribution in [2.75, 3.05) is 18.7 Å². The summed E-state index contributed by atoms with van der Waals surface area (Å²) in [4.78, 5) is 33.2. The van der Waals surface area contributed by atoms with Crippen LogP contribution in [-0.2, 0) is 37.3 Å².